The number of pyridine rings is 1. The standard InChI is InChI=1S/C19H19FN6O2/c1-11-4-16-17(22-6-11)14(18(27)23-7-13(20)5-21)8-26(16)9-15-12(2)19(28-3)25-10-24-15/h4,6,8,10,13H,7,9H2,1-3H3,(H,23,27). The number of nitrogens with one attached hydrogen (secondary N) is 1. The van der Waals surface area contributed by atoms with E-state index in [4.69, 9.17) is 10.00 Å². The third kappa shape index (κ3) is 3.76. The second kappa shape index (κ2) is 8.00. The summed E-state index contributed by atoms with van der Waals surface area (Å²) >= 11 is 0. The molecule has 0 radical (unpaired) electrons. The molecule has 1 N–H and O–H groups in total. The molecule has 8 nitrogen and oxygen atoms in total. The van der Waals surface area contributed by atoms with Crippen molar-refractivity contribution < 1.29 is 13.9 Å². The number of amides is 1. The summed E-state index contributed by atoms with van der Waals surface area (Å²) in [7, 11) is 1.54. The highest BCUT2D eigenvalue weighted by Crippen LogP contribution is 2.23. The van der Waals surface area contributed by atoms with Crippen molar-refractivity contribution in [1.29, 1.82) is 5.26 Å². The molecule has 0 fully saturated rings. The number of aromatic nitrogens is 4. The molecule has 1 atom stereocenters. The quantitative estimate of drug-likeness (QED) is 0.700. The van der Waals surface area contributed by atoms with Gasteiger partial charge in [0.25, 0.3) is 5.91 Å². The molecule has 0 aliphatic heterocycles. The summed E-state index contributed by atoms with van der Waals surface area (Å²) in [4.78, 5) is 25.3. The Balaban J connectivity index is 2.00. The number of carbonyl (C=O) groups is 1. The van der Waals surface area contributed by atoms with Gasteiger partial charge in [-0.25, -0.2) is 14.4 Å². The van der Waals surface area contributed by atoms with Crippen molar-refractivity contribution >= 4 is 16.9 Å². The van der Waals surface area contributed by atoms with Gasteiger partial charge in [0.05, 0.1) is 37.0 Å². The molecule has 9 heteroatoms. The van der Waals surface area contributed by atoms with E-state index in [1.165, 1.54) is 12.4 Å². The minimum Gasteiger partial charge on any atom is -0.481 e. The number of aryl methyl sites for hydroxylation is 1. The first-order chi connectivity index (χ1) is 13.4. The van der Waals surface area contributed by atoms with Crippen LogP contribution in [0.15, 0.2) is 24.8 Å². The van der Waals surface area contributed by atoms with Crippen molar-refractivity contribution in [2.45, 2.75) is 26.6 Å². The number of carbonyl (C=O) groups excluding carboxylic acids is 1. The molecule has 0 saturated carbocycles. The third-order valence-electron chi connectivity index (χ3n) is 4.34. The highest BCUT2D eigenvalue weighted by Gasteiger charge is 2.19. The molecule has 144 valence electrons. The van der Waals surface area contributed by atoms with Gasteiger partial charge in [-0.2, -0.15) is 5.26 Å². The fraction of sp³-hybridized carbons (Fsp3) is 0.316. The van der Waals surface area contributed by atoms with Crippen LogP contribution in [-0.4, -0.2) is 45.3 Å². The Labute approximate surface area is 161 Å². The molecule has 3 rings (SSSR count). The van der Waals surface area contributed by atoms with Crippen molar-refractivity contribution in [3.63, 3.8) is 0 Å². The number of hydrogen-bond acceptors (Lipinski definition) is 6. The van der Waals surface area contributed by atoms with Gasteiger partial charge in [-0.3, -0.25) is 9.78 Å². The van der Waals surface area contributed by atoms with Crippen LogP contribution >= 0.6 is 0 Å². The molecule has 1 unspecified atom stereocenters. The Hall–Kier alpha value is -3.54. The number of fused-ring (bicyclic) bond motifs is 1. The fourth-order valence-corrected chi connectivity index (χ4v) is 2.88. The van der Waals surface area contributed by atoms with Gasteiger partial charge in [-0.1, -0.05) is 0 Å². The number of hydrogen-bond donors (Lipinski definition) is 1. The Kier molecular flexibility index (Phi) is 5.49. The van der Waals surface area contributed by atoms with Crippen molar-refractivity contribution in [1.82, 2.24) is 24.8 Å². The number of halogens is 1. The van der Waals surface area contributed by atoms with Crippen LogP contribution in [-0.2, 0) is 6.54 Å². The van der Waals surface area contributed by atoms with Crippen LogP contribution in [0.25, 0.3) is 11.0 Å². The van der Waals surface area contributed by atoms with Gasteiger partial charge in [-0.05, 0) is 25.5 Å². The number of nitriles is 1. The average molecular weight is 382 g/mol. The maximum absolute atomic E-state index is 13.2. The molecule has 3 aromatic rings. The molecular weight excluding hydrogens is 363 g/mol. The number of nitrogens with zero attached hydrogens (tertiary/aromatic N) is 5. The predicted octanol–water partition coefficient (Wildman–Crippen LogP) is 2.09. The molecule has 0 aromatic carbocycles. The Morgan fingerprint density at radius 1 is 1.39 bits per heavy atom. The van der Waals surface area contributed by atoms with Gasteiger partial charge in [-0.15, -0.1) is 0 Å². The van der Waals surface area contributed by atoms with E-state index in [0.717, 1.165) is 22.3 Å². The monoisotopic (exact) mass is 382 g/mol. The zero-order valence-electron chi connectivity index (χ0n) is 15.7. The van der Waals surface area contributed by atoms with E-state index >= 15 is 0 Å². The minimum atomic E-state index is -1.76. The molecule has 0 saturated heterocycles. The van der Waals surface area contributed by atoms with Crippen molar-refractivity contribution in [2.24, 2.45) is 0 Å². The van der Waals surface area contributed by atoms with E-state index in [9.17, 15) is 9.18 Å². The molecule has 0 aliphatic rings. The van der Waals surface area contributed by atoms with E-state index < -0.39 is 12.1 Å². The molecule has 0 spiro atoms. The lowest BCUT2D eigenvalue weighted by atomic mass is 10.2. The topological polar surface area (TPSA) is 106 Å². The first-order valence-corrected chi connectivity index (χ1v) is 8.56. The van der Waals surface area contributed by atoms with Gasteiger partial charge in [0.1, 0.15) is 17.9 Å². The second-order valence-electron chi connectivity index (χ2n) is 6.31. The normalized spacial score (nSPS) is 11.8. The number of methoxy groups -OCH3 is 1. The van der Waals surface area contributed by atoms with Crippen LogP contribution in [0.4, 0.5) is 4.39 Å². The SMILES string of the molecule is COc1ncnc(Cn2cc(C(=O)NCC(F)C#N)c3ncc(C)cc32)c1C. The largest absolute Gasteiger partial charge is 0.481 e. The summed E-state index contributed by atoms with van der Waals surface area (Å²) in [6.07, 6.45) is 2.98. The molecule has 28 heavy (non-hydrogen) atoms. The van der Waals surface area contributed by atoms with Crippen LogP contribution < -0.4 is 10.1 Å². The maximum atomic E-state index is 13.2. The molecule has 1 amide bonds. The summed E-state index contributed by atoms with van der Waals surface area (Å²) in [5.74, 6) is -0.00535. The van der Waals surface area contributed by atoms with Crippen molar-refractivity contribution in [3.8, 4) is 11.9 Å². The smallest absolute Gasteiger partial charge is 0.255 e. The highest BCUT2D eigenvalue weighted by molar-refractivity contribution is 6.05. The van der Waals surface area contributed by atoms with E-state index in [1.54, 1.807) is 19.5 Å². The lowest BCUT2D eigenvalue weighted by Gasteiger charge is -2.10. The van der Waals surface area contributed by atoms with E-state index in [2.05, 4.69) is 20.3 Å². The van der Waals surface area contributed by atoms with Crippen LogP contribution in [0.1, 0.15) is 27.2 Å². The van der Waals surface area contributed by atoms with E-state index in [0.29, 0.717) is 23.5 Å². The summed E-state index contributed by atoms with van der Waals surface area (Å²) in [6, 6.07) is 3.36. The number of ether oxygens (including phenoxy) is 1. The van der Waals surface area contributed by atoms with Crippen LogP contribution in [0, 0.1) is 25.2 Å². The zero-order valence-corrected chi connectivity index (χ0v) is 15.7. The van der Waals surface area contributed by atoms with Crippen molar-refractivity contribution in [3.05, 3.63) is 47.2 Å². The summed E-state index contributed by atoms with van der Waals surface area (Å²) < 4.78 is 20.3. The predicted molar refractivity (Wildman–Crippen MR) is 99.7 cm³/mol. The van der Waals surface area contributed by atoms with E-state index in [-0.39, 0.29) is 6.54 Å². The van der Waals surface area contributed by atoms with Crippen LogP contribution in [0.2, 0.25) is 0 Å². The molecule has 0 aliphatic carbocycles. The number of rotatable bonds is 6. The van der Waals surface area contributed by atoms with Crippen molar-refractivity contribution in [2.75, 3.05) is 13.7 Å². The lowest BCUT2D eigenvalue weighted by molar-refractivity contribution is 0.0948. The Morgan fingerprint density at radius 2 is 2.18 bits per heavy atom. The third-order valence-corrected chi connectivity index (χ3v) is 4.34. The van der Waals surface area contributed by atoms with Gasteiger partial charge in [0.2, 0.25) is 12.1 Å². The first kappa shape index (κ1) is 19.2. The van der Waals surface area contributed by atoms with Gasteiger partial charge >= 0.3 is 0 Å². The number of alkyl halides is 1. The van der Waals surface area contributed by atoms with E-state index in [1.807, 2.05) is 24.5 Å². The molecule has 3 heterocycles. The Morgan fingerprint density at radius 3 is 2.89 bits per heavy atom. The summed E-state index contributed by atoms with van der Waals surface area (Å²) in [6.45, 7) is 3.77. The lowest BCUT2D eigenvalue weighted by Crippen LogP contribution is -2.29. The summed E-state index contributed by atoms with van der Waals surface area (Å²) in [5, 5.41) is 11.0. The summed E-state index contributed by atoms with van der Waals surface area (Å²) in [5.41, 5.74) is 4.02. The Bertz CT molecular complexity index is 1070. The maximum Gasteiger partial charge on any atom is 0.255 e. The highest BCUT2D eigenvalue weighted by atomic mass is 19.1. The zero-order chi connectivity index (χ0) is 20.3. The van der Waals surface area contributed by atoms with Crippen LogP contribution in [0.5, 0.6) is 5.88 Å². The molecule has 0 bridgehead atoms. The fourth-order valence-electron chi connectivity index (χ4n) is 2.88. The second-order valence-corrected chi connectivity index (χ2v) is 6.31. The van der Waals surface area contributed by atoms with Gasteiger partial charge in [0.15, 0.2) is 0 Å². The van der Waals surface area contributed by atoms with Gasteiger partial charge < -0.3 is 14.6 Å². The molecule has 3 aromatic heterocycles. The van der Waals surface area contributed by atoms with Gasteiger partial charge in [0, 0.05) is 18.0 Å². The minimum absolute atomic E-state index is 0.304. The first-order valence-electron chi connectivity index (χ1n) is 8.56. The average Bonchev–Trinajstić information content (AvgIpc) is 3.05. The molecular formula is C19H19FN6O2. The van der Waals surface area contributed by atoms with Crippen LogP contribution in [0.3, 0.4) is 0 Å².